The van der Waals surface area contributed by atoms with Crippen LogP contribution in [0.4, 0.5) is 0 Å². The lowest BCUT2D eigenvalue weighted by molar-refractivity contribution is -0.521. The van der Waals surface area contributed by atoms with Crippen molar-refractivity contribution in [3.8, 4) is 11.5 Å². The maximum absolute atomic E-state index is 12.3. The molecule has 2 aromatic carbocycles. The first-order chi connectivity index (χ1) is 16.0. The van der Waals surface area contributed by atoms with E-state index in [4.69, 9.17) is 0 Å². The maximum atomic E-state index is 12.3. The first-order valence-electron chi connectivity index (χ1n) is 12.9. The quantitative estimate of drug-likeness (QED) is 0.327. The van der Waals surface area contributed by atoms with Gasteiger partial charge in [-0.2, -0.15) is 0 Å². The van der Waals surface area contributed by atoms with Crippen LogP contribution >= 0.6 is 0 Å². The van der Waals surface area contributed by atoms with E-state index in [1.54, 1.807) is 0 Å². The third-order valence-corrected chi connectivity index (χ3v) is 6.81. The van der Waals surface area contributed by atoms with Crippen molar-refractivity contribution in [2.24, 2.45) is 0 Å². The van der Waals surface area contributed by atoms with Crippen molar-refractivity contribution in [1.29, 1.82) is 0 Å². The molecule has 0 saturated carbocycles. The molecule has 2 rings (SSSR count). The Balaban J connectivity index is 2.61. The van der Waals surface area contributed by atoms with Gasteiger partial charge >= 0.3 is 0 Å². The number of nitro groups is 1. The zero-order valence-corrected chi connectivity index (χ0v) is 24.5. The van der Waals surface area contributed by atoms with Gasteiger partial charge in [0, 0.05) is 17.8 Å². The Morgan fingerprint density at radius 1 is 0.611 bits per heavy atom. The van der Waals surface area contributed by atoms with Crippen molar-refractivity contribution in [3.63, 3.8) is 0 Å². The van der Waals surface area contributed by atoms with E-state index in [1.165, 1.54) is 0 Å². The predicted octanol–water partition coefficient (Wildman–Crippen LogP) is 7.72. The molecule has 0 bridgehead atoms. The highest BCUT2D eigenvalue weighted by molar-refractivity contribution is 5.51. The second-order valence-electron chi connectivity index (χ2n) is 14.4. The summed E-state index contributed by atoms with van der Waals surface area (Å²) in [5, 5.41) is 34.4. The Morgan fingerprint density at radius 3 is 1.00 bits per heavy atom. The molecule has 0 aliphatic carbocycles. The van der Waals surface area contributed by atoms with Gasteiger partial charge in [0.15, 0.2) is 0 Å². The van der Waals surface area contributed by atoms with E-state index >= 15 is 0 Å². The lowest BCUT2D eigenvalue weighted by atomic mass is 9.77. The number of benzene rings is 2. The molecular weight excluding hydrogens is 450 g/mol. The molecule has 0 aliphatic rings. The van der Waals surface area contributed by atoms with Crippen molar-refractivity contribution in [2.45, 2.75) is 124 Å². The molecule has 0 aromatic heterocycles. The molecule has 0 atom stereocenters. The summed E-state index contributed by atoms with van der Waals surface area (Å²) >= 11 is 0. The number of hydrogen-bond donors (Lipinski definition) is 2. The zero-order valence-electron chi connectivity index (χ0n) is 24.5. The van der Waals surface area contributed by atoms with Crippen LogP contribution in [0.15, 0.2) is 24.3 Å². The molecule has 5 nitrogen and oxygen atoms in total. The molecule has 2 N–H and O–H groups in total. The van der Waals surface area contributed by atoms with Crippen LogP contribution < -0.4 is 0 Å². The molecule has 0 aliphatic heterocycles. The van der Waals surface area contributed by atoms with Crippen molar-refractivity contribution < 1.29 is 15.1 Å². The number of hydrogen-bond acceptors (Lipinski definition) is 4. The molecule has 0 fully saturated rings. The monoisotopic (exact) mass is 497 g/mol. The Kier molecular flexibility index (Phi) is 8.01. The molecule has 0 saturated heterocycles. The van der Waals surface area contributed by atoms with Crippen molar-refractivity contribution >= 4 is 0 Å². The van der Waals surface area contributed by atoms with Crippen LogP contribution in [0.1, 0.15) is 116 Å². The van der Waals surface area contributed by atoms with E-state index in [9.17, 15) is 20.3 Å². The summed E-state index contributed by atoms with van der Waals surface area (Å²) in [5.41, 5.74) is 3.74. The summed E-state index contributed by atoms with van der Waals surface area (Å²) in [6.07, 6.45) is 0.520. The number of phenolic OH excluding ortho intramolecular Hbond substituents is 2. The summed E-state index contributed by atoms with van der Waals surface area (Å²) in [6, 6.07) is 6.89. The van der Waals surface area contributed by atoms with Crippen molar-refractivity contribution in [2.75, 3.05) is 0 Å². The molecule has 200 valence electrons. The van der Waals surface area contributed by atoms with Gasteiger partial charge in [-0.1, -0.05) is 107 Å². The molecule has 0 unspecified atom stereocenters. The first-order valence-corrected chi connectivity index (χ1v) is 12.9. The standard InChI is InChI=1S/C31H47NO4/c1-28(2,3)22-15-19(16-23(26(22)33)29(4,5)6)13-21(32(35)36)14-20-17-24(30(7,8)9)27(34)25(18-20)31(10,11)12/h15-18,21,33-34H,13-14H2,1-12H3. The Morgan fingerprint density at radius 2 is 0.833 bits per heavy atom. The molecule has 5 heteroatoms. The van der Waals surface area contributed by atoms with Gasteiger partial charge in [0.2, 0.25) is 6.04 Å². The number of nitrogens with zero attached hydrogens (tertiary/aromatic N) is 1. The molecule has 0 spiro atoms. The fraction of sp³-hybridized carbons (Fsp3) is 0.613. The SMILES string of the molecule is CC(C)(C)c1cc(CC(Cc2cc(C(C)(C)C)c(O)c(C(C)(C)C)c2)[N+](=O)[O-])cc(C(C)(C)C)c1O. The van der Waals surface area contributed by atoms with Crippen LogP contribution in [-0.2, 0) is 34.5 Å². The molecule has 0 heterocycles. The summed E-state index contributed by atoms with van der Waals surface area (Å²) in [7, 11) is 0. The van der Waals surface area contributed by atoms with E-state index < -0.39 is 6.04 Å². The molecular formula is C31H47NO4. The topological polar surface area (TPSA) is 83.6 Å². The Bertz CT molecular complexity index is 966. The smallest absolute Gasteiger partial charge is 0.221 e. The molecule has 36 heavy (non-hydrogen) atoms. The van der Waals surface area contributed by atoms with Crippen LogP contribution in [0, 0.1) is 10.1 Å². The van der Waals surface area contributed by atoms with Gasteiger partial charge in [0.05, 0.1) is 0 Å². The number of rotatable bonds is 5. The van der Waals surface area contributed by atoms with Crippen molar-refractivity contribution in [1.82, 2.24) is 0 Å². The van der Waals surface area contributed by atoms with E-state index in [-0.39, 0.29) is 50.9 Å². The largest absolute Gasteiger partial charge is 0.507 e. The van der Waals surface area contributed by atoms with E-state index in [0.717, 1.165) is 33.4 Å². The van der Waals surface area contributed by atoms with Gasteiger partial charge in [-0.3, -0.25) is 10.1 Å². The average molecular weight is 498 g/mol. The Hall–Kier alpha value is -2.56. The van der Waals surface area contributed by atoms with Gasteiger partial charge < -0.3 is 10.2 Å². The van der Waals surface area contributed by atoms with Gasteiger partial charge in [-0.15, -0.1) is 0 Å². The highest BCUT2D eigenvalue weighted by Crippen LogP contribution is 2.42. The minimum absolute atomic E-state index is 0.194. The van der Waals surface area contributed by atoms with Crippen molar-refractivity contribution in [3.05, 3.63) is 67.8 Å². The van der Waals surface area contributed by atoms with Crippen LogP contribution in [0.25, 0.3) is 0 Å². The molecule has 0 amide bonds. The minimum Gasteiger partial charge on any atom is -0.507 e. The summed E-state index contributed by atoms with van der Waals surface area (Å²) in [4.78, 5) is 12.1. The van der Waals surface area contributed by atoms with Gasteiger partial charge in [0.25, 0.3) is 0 Å². The minimum atomic E-state index is -0.833. The van der Waals surface area contributed by atoms with Crippen LogP contribution in [0.2, 0.25) is 0 Å². The number of phenols is 2. The fourth-order valence-corrected chi connectivity index (χ4v) is 4.68. The summed E-state index contributed by atoms with van der Waals surface area (Å²) in [6.45, 7) is 24.5. The maximum Gasteiger partial charge on any atom is 0.221 e. The fourth-order valence-electron chi connectivity index (χ4n) is 4.68. The van der Waals surface area contributed by atoms with Crippen LogP contribution in [-0.4, -0.2) is 21.2 Å². The normalized spacial score (nSPS) is 13.4. The van der Waals surface area contributed by atoms with Crippen LogP contribution in [0.5, 0.6) is 11.5 Å². The zero-order chi connectivity index (χ0) is 28.0. The lowest BCUT2D eigenvalue weighted by Gasteiger charge is -2.29. The second-order valence-corrected chi connectivity index (χ2v) is 14.4. The average Bonchev–Trinajstić information content (AvgIpc) is 2.65. The number of aromatic hydroxyl groups is 2. The van der Waals surface area contributed by atoms with Gasteiger partial charge in [0.1, 0.15) is 11.5 Å². The third-order valence-electron chi connectivity index (χ3n) is 6.81. The summed E-state index contributed by atoms with van der Waals surface area (Å²) < 4.78 is 0. The molecule has 2 aromatic rings. The van der Waals surface area contributed by atoms with E-state index in [2.05, 4.69) is 0 Å². The highest BCUT2D eigenvalue weighted by atomic mass is 16.6. The highest BCUT2D eigenvalue weighted by Gasteiger charge is 2.31. The first kappa shape index (κ1) is 29.7. The van der Waals surface area contributed by atoms with E-state index in [1.807, 2.05) is 107 Å². The Labute approximate surface area is 218 Å². The van der Waals surface area contributed by atoms with E-state index in [0.29, 0.717) is 0 Å². The lowest BCUT2D eigenvalue weighted by Crippen LogP contribution is -2.27. The summed E-state index contributed by atoms with van der Waals surface area (Å²) in [5.74, 6) is 0.555. The third kappa shape index (κ3) is 6.80. The second kappa shape index (κ2) is 9.72. The van der Waals surface area contributed by atoms with Crippen LogP contribution in [0.3, 0.4) is 0 Å². The predicted molar refractivity (Wildman–Crippen MR) is 149 cm³/mol. The van der Waals surface area contributed by atoms with Gasteiger partial charge in [-0.05, 0) is 55.0 Å². The van der Waals surface area contributed by atoms with Gasteiger partial charge in [-0.25, -0.2) is 0 Å². The molecule has 0 radical (unpaired) electrons.